The van der Waals surface area contributed by atoms with Crippen LogP contribution in [0.4, 0.5) is 39.5 Å². The van der Waals surface area contributed by atoms with Crippen LogP contribution in [0.15, 0.2) is 33.0 Å². The molecule has 0 saturated heterocycles. The molecule has 5 rings (SSSR count). The van der Waals surface area contributed by atoms with Gasteiger partial charge >= 0.3 is 29.9 Å². The number of rotatable bonds is 13. The molecule has 64 heavy (non-hydrogen) atoms. The van der Waals surface area contributed by atoms with Gasteiger partial charge in [0.1, 0.15) is 23.0 Å². The third-order valence-electron chi connectivity index (χ3n) is 9.60. The molecule has 1 atom stereocenters. The van der Waals surface area contributed by atoms with E-state index >= 15 is 0 Å². The first-order chi connectivity index (χ1) is 30.0. The smallest absolute Gasteiger partial charge is 0.439 e. The van der Waals surface area contributed by atoms with Gasteiger partial charge in [0, 0.05) is 16.7 Å². The second-order valence-electron chi connectivity index (χ2n) is 14.5. The van der Waals surface area contributed by atoms with Crippen molar-refractivity contribution >= 4 is 33.8 Å². The standard InChI is InChI=1S/C14H16F3NO4S.C14H18F3NO3.C14H16F3NO2/c1-3-5-8-7-10-12(9(6-4-2)11(8)19)21-23(20)22-18-13(10)14(15,16)17;1-3-5-8-7-10(13(18-21)14(15,16)17)12(20)9(6-4-2)11(8)19;1-3-5-8-7-10-12(9(6-4-2)11(8)19)20-18-13(10)14(15,16)17/h7,19H,3-6H2,1-2H3;7,19-21H,3-6H2,1-2H3;7,19H,3-6H2,1-2H3/b;18-13+;. The Hall–Kier alpha value is -5.41. The van der Waals surface area contributed by atoms with Crippen molar-refractivity contribution in [3.8, 4) is 28.7 Å². The molecule has 0 spiro atoms. The molecule has 0 aliphatic carbocycles. The molecule has 0 amide bonds. The van der Waals surface area contributed by atoms with Crippen molar-refractivity contribution < 1.29 is 82.3 Å². The predicted molar refractivity (Wildman–Crippen MR) is 219 cm³/mol. The summed E-state index contributed by atoms with van der Waals surface area (Å²) in [7, 11) is 0. The number of halogens is 9. The summed E-state index contributed by atoms with van der Waals surface area (Å²) < 4.78 is 143. The van der Waals surface area contributed by atoms with Crippen molar-refractivity contribution in [3.05, 3.63) is 68.4 Å². The van der Waals surface area contributed by atoms with E-state index in [1.165, 1.54) is 12.1 Å². The summed E-state index contributed by atoms with van der Waals surface area (Å²) in [5, 5.41) is 57.5. The Labute approximate surface area is 365 Å². The number of phenolic OH excluding ortho intramolecular Hbond substituents is 4. The molecule has 356 valence electrons. The minimum Gasteiger partial charge on any atom is -0.507 e. The zero-order valence-corrected chi connectivity index (χ0v) is 36.6. The molecular formula is C42H50F9N3O9S. The molecule has 22 heteroatoms. The van der Waals surface area contributed by atoms with Crippen molar-refractivity contribution in [1.29, 1.82) is 0 Å². The first-order valence-electron chi connectivity index (χ1n) is 20.3. The number of fused-ring (bicyclic) bond motifs is 2. The Kier molecular flexibility index (Phi) is 18.6. The Morgan fingerprint density at radius 2 is 1.11 bits per heavy atom. The van der Waals surface area contributed by atoms with Gasteiger partial charge in [-0.25, -0.2) is 0 Å². The van der Waals surface area contributed by atoms with E-state index in [9.17, 15) is 64.1 Å². The lowest BCUT2D eigenvalue weighted by molar-refractivity contribution is -0.141. The van der Waals surface area contributed by atoms with Gasteiger partial charge in [-0.2, -0.15) is 43.7 Å². The Balaban J connectivity index is 0.000000256. The summed E-state index contributed by atoms with van der Waals surface area (Å²) >= 11 is -2.51. The number of benzene rings is 3. The Morgan fingerprint density at radius 1 is 0.641 bits per heavy atom. The highest BCUT2D eigenvalue weighted by atomic mass is 32.2. The van der Waals surface area contributed by atoms with Crippen LogP contribution in [0.25, 0.3) is 11.0 Å². The molecular weight excluding hydrogens is 894 g/mol. The van der Waals surface area contributed by atoms with Gasteiger partial charge in [-0.15, -0.1) is 0 Å². The monoisotopic (exact) mass is 943 g/mol. The first kappa shape index (κ1) is 52.9. The van der Waals surface area contributed by atoms with Crippen LogP contribution < -0.4 is 4.18 Å². The second-order valence-corrected chi connectivity index (χ2v) is 15.2. The van der Waals surface area contributed by atoms with E-state index in [2.05, 4.69) is 19.8 Å². The topological polar surface area (TPSA) is 187 Å². The van der Waals surface area contributed by atoms with Gasteiger partial charge in [0.05, 0.1) is 16.5 Å². The zero-order valence-electron chi connectivity index (χ0n) is 35.7. The van der Waals surface area contributed by atoms with Crippen molar-refractivity contribution in [3.63, 3.8) is 0 Å². The fourth-order valence-corrected chi connectivity index (χ4v) is 7.39. The molecule has 2 heterocycles. The number of aryl methyl sites for hydroxylation is 4. The number of hydrogen-bond acceptors (Lipinski definition) is 12. The highest BCUT2D eigenvalue weighted by Crippen LogP contribution is 2.43. The maximum absolute atomic E-state index is 13.2. The lowest BCUT2D eigenvalue weighted by atomic mass is 9.94. The second kappa shape index (κ2) is 22.5. The number of aromatic hydroxyl groups is 4. The van der Waals surface area contributed by atoms with E-state index in [4.69, 9.17) is 13.9 Å². The molecule has 1 aromatic heterocycles. The summed E-state index contributed by atoms with van der Waals surface area (Å²) in [6.07, 6.45) is -8.30. The zero-order chi connectivity index (χ0) is 48.3. The molecule has 4 aromatic rings. The van der Waals surface area contributed by atoms with E-state index in [-0.39, 0.29) is 63.5 Å². The van der Waals surface area contributed by atoms with Gasteiger partial charge in [0.25, 0.3) is 0 Å². The molecule has 5 N–H and O–H groups in total. The highest BCUT2D eigenvalue weighted by molar-refractivity contribution is 7.75. The average molecular weight is 944 g/mol. The number of alkyl halides is 9. The van der Waals surface area contributed by atoms with Crippen LogP contribution in [0.3, 0.4) is 0 Å². The van der Waals surface area contributed by atoms with Crippen molar-refractivity contribution in [2.24, 2.45) is 10.3 Å². The van der Waals surface area contributed by atoms with Crippen LogP contribution in [-0.2, 0) is 60.3 Å². The fraction of sp³-hybridized carbons (Fsp3) is 0.500. The third-order valence-corrected chi connectivity index (χ3v) is 10.1. The molecule has 0 radical (unpaired) electrons. The normalized spacial score (nSPS) is 14.3. The summed E-state index contributed by atoms with van der Waals surface area (Å²) in [5.41, 5.74) is -3.06. The Morgan fingerprint density at radius 3 is 1.59 bits per heavy atom. The summed E-state index contributed by atoms with van der Waals surface area (Å²) in [6.45, 7) is 11.0. The van der Waals surface area contributed by atoms with Crippen molar-refractivity contribution in [2.45, 2.75) is 137 Å². The maximum atomic E-state index is 13.2. The van der Waals surface area contributed by atoms with Crippen LogP contribution in [0.5, 0.6) is 28.7 Å². The van der Waals surface area contributed by atoms with Crippen LogP contribution in [0, 0.1) is 0 Å². The van der Waals surface area contributed by atoms with E-state index < -0.39 is 58.3 Å². The van der Waals surface area contributed by atoms with Gasteiger partial charge < -0.3 is 34.3 Å². The largest absolute Gasteiger partial charge is 0.507 e. The van der Waals surface area contributed by atoms with Gasteiger partial charge in [-0.1, -0.05) is 95.5 Å². The van der Waals surface area contributed by atoms with Crippen LogP contribution in [-0.4, -0.2) is 58.8 Å². The first-order valence-corrected chi connectivity index (χ1v) is 21.3. The van der Waals surface area contributed by atoms with E-state index in [1.807, 2.05) is 27.7 Å². The van der Waals surface area contributed by atoms with Gasteiger partial charge in [0.2, 0.25) is 0 Å². The van der Waals surface area contributed by atoms with Crippen LogP contribution in [0.2, 0.25) is 0 Å². The van der Waals surface area contributed by atoms with Crippen molar-refractivity contribution in [1.82, 2.24) is 5.16 Å². The average Bonchev–Trinajstić information content (AvgIpc) is 3.56. The van der Waals surface area contributed by atoms with E-state index in [0.717, 1.165) is 12.5 Å². The van der Waals surface area contributed by atoms with E-state index in [0.29, 0.717) is 80.0 Å². The summed E-state index contributed by atoms with van der Waals surface area (Å²) in [5.74, 6) is -1.28. The summed E-state index contributed by atoms with van der Waals surface area (Å²) in [6, 6.07) is 3.54. The fourth-order valence-electron chi connectivity index (χ4n) is 6.90. The number of oxime groups is 2. The van der Waals surface area contributed by atoms with Crippen LogP contribution in [0.1, 0.15) is 130 Å². The van der Waals surface area contributed by atoms with Gasteiger partial charge in [-0.3, -0.25) is 4.28 Å². The van der Waals surface area contributed by atoms with E-state index in [1.54, 1.807) is 13.8 Å². The molecule has 3 aromatic carbocycles. The van der Waals surface area contributed by atoms with Crippen molar-refractivity contribution in [2.75, 3.05) is 0 Å². The number of aromatic nitrogens is 1. The SMILES string of the molecule is CCCc1cc(/C(=N\O)C(F)(F)F)c(O)c(CCC)c1O.CCCc1cc2c(C(F)(F)F)noc2c(CCC)c1O.CCCc1cc2c(c(CCC)c1O)OS(=O)ON=C2C(F)(F)F. The lowest BCUT2D eigenvalue weighted by Gasteiger charge is -2.17. The van der Waals surface area contributed by atoms with Gasteiger partial charge in [-0.05, 0) is 73.4 Å². The highest BCUT2D eigenvalue weighted by Gasteiger charge is 2.43. The molecule has 0 fully saturated rings. The minimum absolute atomic E-state index is 0.0334. The molecule has 0 saturated carbocycles. The lowest BCUT2D eigenvalue weighted by Crippen LogP contribution is -2.24. The number of nitrogens with zero attached hydrogens (tertiary/aromatic N) is 3. The minimum atomic E-state index is -4.91. The van der Waals surface area contributed by atoms with Crippen LogP contribution >= 0.6 is 0 Å². The molecule has 1 aliphatic rings. The quantitative estimate of drug-likeness (QED) is 0.0374. The number of phenols is 4. The molecule has 0 bridgehead atoms. The Bertz CT molecular complexity index is 2320. The maximum Gasteiger partial charge on any atom is 0.439 e. The number of hydrogen-bond donors (Lipinski definition) is 5. The summed E-state index contributed by atoms with van der Waals surface area (Å²) in [4.78, 5) is 0. The van der Waals surface area contributed by atoms with Gasteiger partial charge in [0.15, 0.2) is 28.4 Å². The molecule has 1 aliphatic heterocycles. The predicted octanol–water partition coefficient (Wildman–Crippen LogP) is 11.8. The molecule has 12 nitrogen and oxygen atoms in total. The third kappa shape index (κ3) is 12.4. The molecule has 1 unspecified atom stereocenters.